The number of ether oxygens (including phenoxy) is 2. The van der Waals surface area contributed by atoms with Gasteiger partial charge in [-0.05, 0) is 0 Å². The van der Waals surface area contributed by atoms with E-state index in [1.54, 1.807) is 37.4 Å². The fourth-order valence-electron chi connectivity index (χ4n) is 3.71. The van der Waals surface area contributed by atoms with Crippen molar-refractivity contribution < 1.29 is 16.0 Å². The van der Waals surface area contributed by atoms with E-state index in [1.807, 2.05) is 25.1 Å². The van der Waals surface area contributed by atoms with Crippen LogP contribution in [0.1, 0.15) is 13.8 Å². The van der Waals surface area contributed by atoms with Crippen molar-refractivity contribution in [3.63, 3.8) is 0 Å². The van der Waals surface area contributed by atoms with Gasteiger partial charge >= 0.3 is 194 Å². The Hall–Kier alpha value is -2.39. The van der Waals surface area contributed by atoms with Crippen molar-refractivity contribution in [2.75, 3.05) is 55.0 Å². The zero-order chi connectivity index (χ0) is 25.5. The number of benzene rings is 2. The van der Waals surface area contributed by atoms with E-state index in [0.29, 0.717) is 57.6 Å². The molecule has 36 heavy (non-hydrogen) atoms. The number of rotatable bonds is 10. The molecule has 0 spiro atoms. The molecule has 1 saturated heterocycles. The van der Waals surface area contributed by atoms with Crippen LogP contribution in [0.15, 0.2) is 53.1 Å². The van der Waals surface area contributed by atoms with Crippen LogP contribution in [0.25, 0.3) is 0 Å². The van der Waals surface area contributed by atoms with Crippen LogP contribution in [0.3, 0.4) is 0 Å². The predicted octanol–water partition coefficient (Wildman–Crippen LogP) is 4.95. The van der Waals surface area contributed by atoms with Crippen molar-refractivity contribution in [3.8, 4) is 5.75 Å². The van der Waals surface area contributed by atoms with Gasteiger partial charge in [-0.2, -0.15) is 0 Å². The van der Waals surface area contributed by atoms with E-state index in [9.17, 15) is 6.51 Å². The Morgan fingerprint density at radius 1 is 1.14 bits per heavy atom. The normalized spacial score (nSPS) is 16.2. The van der Waals surface area contributed by atoms with Crippen molar-refractivity contribution in [2.24, 2.45) is 0 Å². The maximum absolute atomic E-state index is 12.9. The number of halogens is 2. The van der Waals surface area contributed by atoms with E-state index in [1.165, 1.54) is 0 Å². The Kier molecular flexibility index (Phi) is 9.06. The second kappa shape index (κ2) is 12.2. The van der Waals surface area contributed by atoms with Crippen LogP contribution in [0, 0.1) is 3.57 Å². The summed E-state index contributed by atoms with van der Waals surface area (Å²) in [6.45, 7) is 7.72. The average Bonchev–Trinajstić information content (AvgIpc) is 2.88. The van der Waals surface area contributed by atoms with Gasteiger partial charge in [-0.15, -0.1) is 0 Å². The molecule has 1 atom stereocenters. The summed E-state index contributed by atoms with van der Waals surface area (Å²) in [4.78, 5) is 11.2. The molecule has 2 aromatic carbocycles. The van der Waals surface area contributed by atoms with Gasteiger partial charge in [0.2, 0.25) is 0 Å². The molecule has 10 nitrogen and oxygen atoms in total. The Morgan fingerprint density at radius 3 is 2.67 bits per heavy atom. The SMILES string of the molecule is CCNI(=O)(O)c1ccccc1Nc1nc(Nc2ccc(N3CCOCC3)cc2OCC)ncc1Br. The molecule has 0 aliphatic carbocycles. The zero-order valence-electron chi connectivity index (χ0n) is 20.1. The summed E-state index contributed by atoms with van der Waals surface area (Å²) >= 11 is -1.08. The van der Waals surface area contributed by atoms with Crippen LogP contribution >= 0.6 is 35.0 Å². The first-order valence-corrected chi connectivity index (χ1v) is 16.4. The van der Waals surface area contributed by atoms with Gasteiger partial charge in [0, 0.05) is 13.1 Å². The summed E-state index contributed by atoms with van der Waals surface area (Å²) in [5.41, 5.74) is 2.31. The Balaban J connectivity index is 1.59. The predicted molar refractivity (Wildman–Crippen MR) is 153 cm³/mol. The molecule has 4 rings (SSSR count). The molecule has 1 aliphatic heterocycles. The second-order valence-corrected chi connectivity index (χ2v) is 13.4. The van der Waals surface area contributed by atoms with Crippen molar-refractivity contribution in [1.29, 1.82) is 0 Å². The standard InChI is InChI=1S/C24H30BrIN6O4/c1-3-28-26(33,34)19-7-5-6-8-20(19)29-23-18(25)16-27-24(31-23)30-21-10-9-17(15-22(21)36-4-2)32-11-13-35-14-12-32/h5-10,15-16H,3-4,11-14H2,1-2H3,(H2,28,33,34)(H2,27,29,30,31). The van der Waals surface area contributed by atoms with Crippen LogP contribution in [-0.2, 0) is 7.81 Å². The molecule has 12 heteroatoms. The Morgan fingerprint density at radius 2 is 1.92 bits per heavy atom. The van der Waals surface area contributed by atoms with Crippen LogP contribution in [-0.4, -0.2) is 52.9 Å². The van der Waals surface area contributed by atoms with Crippen molar-refractivity contribution in [2.45, 2.75) is 13.8 Å². The average molecular weight is 673 g/mol. The molecule has 1 aliphatic rings. The van der Waals surface area contributed by atoms with Crippen LogP contribution < -0.4 is 23.8 Å². The Bertz CT molecular complexity index is 1240. The second-order valence-electron chi connectivity index (χ2n) is 7.81. The van der Waals surface area contributed by atoms with Gasteiger partial charge in [0.15, 0.2) is 0 Å². The van der Waals surface area contributed by atoms with E-state index in [-0.39, 0.29) is 0 Å². The third kappa shape index (κ3) is 6.48. The summed E-state index contributed by atoms with van der Waals surface area (Å²) in [5.74, 6) is 1.50. The van der Waals surface area contributed by atoms with Crippen LogP contribution in [0.2, 0.25) is 0 Å². The first-order chi connectivity index (χ1) is 17.4. The molecule has 4 N–H and O–H groups in total. The van der Waals surface area contributed by atoms with Crippen molar-refractivity contribution in [3.05, 3.63) is 56.7 Å². The third-order valence-corrected chi connectivity index (χ3v) is 10.2. The molecule has 2 heterocycles. The number of hydrogen-bond donors (Lipinski definition) is 4. The number of para-hydroxylation sites is 1. The van der Waals surface area contributed by atoms with E-state index in [0.717, 1.165) is 24.5 Å². The maximum atomic E-state index is 12.9. The summed E-state index contributed by atoms with van der Waals surface area (Å²) in [5, 5.41) is 6.42. The van der Waals surface area contributed by atoms with E-state index in [4.69, 9.17) is 9.47 Å². The number of hydrogen-bond acceptors (Lipinski definition) is 8. The minimum atomic E-state index is -4.55. The molecule has 1 fully saturated rings. The summed E-state index contributed by atoms with van der Waals surface area (Å²) in [7, 11) is 0. The molecule has 194 valence electrons. The van der Waals surface area contributed by atoms with Crippen LogP contribution in [0.5, 0.6) is 5.75 Å². The molecule has 0 radical (unpaired) electrons. The molecule has 0 amide bonds. The molecule has 0 saturated carbocycles. The first kappa shape index (κ1) is 26.7. The fourth-order valence-corrected chi connectivity index (χ4v) is 7.24. The van der Waals surface area contributed by atoms with E-state index >= 15 is 0 Å². The summed E-state index contributed by atoms with van der Waals surface area (Å²) in [6.07, 6.45) is 1.62. The third-order valence-electron chi connectivity index (χ3n) is 5.35. The number of anilines is 5. The Labute approximate surface area is 223 Å². The number of aromatic nitrogens is 2. The molecular weight excluding hydrogens is 643 g/mol. The monoisotopic (exact) mass is 672 g/mol. The minimum absolute atomic E-state index is 0.337. The number of morpholine rings is 1. The topological polar surface area (TPSA) is 121 Å². The van der Waals surface area contributed by atoms with Crippen molar-refractivity contribution in [1.82, 2.24) is 13.5 Å². The number of nitrogens with zero attached hydrogens (tertiary/aromatic N) is 3. The first-order valence-electron chi connectivity index (χ1n) is 11.6. The van der Waals surface area contributed by atoms with E-state index in [2.05, 4.69) is 45.0 Å². The fraction of sp³-hybridized carbons (Fsp3) is 0.333. The number of nitrogens with one attached hydrogen (secondary N) is 3. The van der Waals surface area contributed by atoms with Gasteiger partial charge in [0.05, 0.1) is 13.2 Å². The zero-order valence-corrected chi connectivity index (χ0v) is 23.9. The van der Waals surface area contributed by atoms with Gasteiger partial charge in [-0.1, -0.05) is 0 Å². The van der Waals surface area contributed by atoms with Crippen LogP contribution in [0.4, 0.5) is 28.8 Å². The molecule has 3 aromatic rings. The van der Waals surface area contributed by atoms with Gasteiger partial charge in [-0.3, -0.25) is 0 Å². The molecule has 0 bridgehead atoms. The summed E-state index contributed by atoms with van der Waals surface area (Å²) in [6, 6.07) is 12.9. The summed E-state index contributed by atoms with van der Waals surface area (Å²) < 4.78 is 38.4. The molecular formula is C24H30BrIN6O4. The molecule has 1 aromatic heterocycles. The van der Waals surface area contributed by atoms with Gasteiger partial charge < -0.3 is 4.74 Å². The molecule has 1 unspecified atom stereocenters. The van der Waals surface area contributed by atoms with Gasteiger partial charge in [0.25, 0.3) is 0 Å². The van der Waals surface area contributed by atoms with E-state index < -0.39 is 19.1 Å². The van der Waals surface area contributed by atoms with Gasteiger partial charge in [0.1, 0.15) is 0 Å². The van der Waals surface area contributed by atoms with Crippen molar-refractivity contribution >= 4 is 63.9 Å². The van der Waals surface area contributed by atoms with Gasteiger partial charge in [-0.25, -0.2) is 0 Å². The quantitative estimate of drug-likeness (QED) is 0.174.